The lowest BCUT2D eigenvalue weighted by Crippen LogP contribution is -2.40. The van der Waals surface area contributed by atoms with Crippen LogP contribution in [0.25, 0.3) is 0 Å². The Bertz CT molecular complexity index is 588. The zero-order valence-electron chi connectivity index (χ0n) is 15.0. The Kier molecular flexibility index (Phi) is 9.22. The van der Waals surface area contributed by atoms with E-state index in [1.807, 2.05) is 18.2 Å². The number of nitrogens with one attached hydrogen (secondary N) is 2. The summed E-state index contributed by atoms with van der Waals surface area (Å²) in [7, 11) is -1.26. The second kappa shape index (κ2) is 10.9. The summed E-state index contributed by atoms with van der Waals surface area (Å²) in [5.41, 5.74) is 1.23. The Morgan fingerprint density at radius 3 is 2.38 bits per heavy atom. The molecule has 1 rings (SSSR count). The molecule has 0 aliphatic carbocycles. The molecule has 0 atom stereocenters. The summed E-state index contributed by atoms with van der Waals surface area (Å²) in [5.74, 6) is 0.943. The fourth-order valence-corrected chi connectivity index (χ4v) is 2.98. The molecule has 2 N–H and O–H groups in total. The third kappa shape index (κ3) is 7.68. The number of hydrogen-bond donors (Lipinski definition) is 2. The molecule has 1 aromatic rings. The van der Waals surface area contributed by atoms with Crippen molar-refractivity contribution in [1.29, 1.82) is 0 Å². The van der Waals surface area contributed by atoms with E-state index >= 15 is 0 Å². The van der Waals surface area contributed by atoms with Gasteiger partial charge in [-0.3, -0.25) is 4.99 Å². The van der Waals surface area contributed by atoms with Crippen LogP contribution in [0.1, 0.15) is 20.3 Å². The van der Waals surface area contributed by atoms with Crippen LogP contribution in [0.5, 0.6) is 0 Å². The summed E-state index contributed by atoms with van der Waals surface area (Å²) in [5, 5.41) is 6.26. The summed E-state index contributed by atoms with van der Waals surface area (Å²) in [6.07, 6.45) is 0.969. The van der Waals surface area contributed by atoms with Gasteiger partial charge in [-0.1, -0.05) is 25.1 Å². The van der Waals surface area contributed by atoms with E-state index in [2.05, 4.69) is 39.6 Å². The molecular formula is C17H30N4O2S. The normalized spacial score (nSPS) is 12.0. The van der Waals surface area contributed by atoms with Gasteiger partial charge in [0, 0.05) is 44.7 Å². The molecule has 0 radical (unpaired) electrons. The Hall–Kier alpha value is -1.76. The first-order chi connectivity index (χ1) is 11.5. The van der Waals surface area contributed by atoms with Gasteiger partial charge in [0.15, 0.2) is 15.8 Å². The monoisotopic (exact) mass is 354 g/mol. The maximum Gasteiger partial charge on any atom is 0.191 e. The Morgan fingerprint density at radius 2 is 1.79 bits per heavy atom. The van der Waals surface area contributed by atoms with Crippen molar-refractivity contribution in [3.8, 4) is 0 Å². The van der Waals surface area contributed by atoms with Gasteiger partial charge in [0.2, 0.25) is 0 Å². The fourth-order valence-electron chi connectivity index (χ4n) is 2.28. The molecule has 0 saturated carbocycles. The largest absolute Gasteiger partial charge is 0.372 e. The van der Waals surface area contributed by atoms with Crippen LogP contribution in [-0.2, 0) is 9.84 Å². The average molecular weight is 355 g/mol. The van der Waals surface area contributed by atoms with Gasteiger partial charge in [-0.25, -0.2) is 8.42 Å². The summed E-state index contributed by atoms with van der Waals surface area (Å²) < 4.78 is 22.9. The first-order valence-electron chi connectivity index (χ1n) is 8.47. The topological polar surface area (TPSA) is 73.8 Å². The lowest BCUT2D eigenvalue weighted by Gasteiger charge is -2.23. The summed E-state index contributed by atoms with van der Waals surface area (Å²) in [6.45, 7) is 6.88. The van der Waals surface area contributed by atoms with Crippen molar-refractivity contribution in [2.45, 2.75) is 20.3 Å². The highest BCUT2D eigenvalue weighted by atomic mass is 32.2. The predicted octanol–water partition coefficient (Wildman–Crippen LogP) is 1.50. The lowest BCUT2D eigenvalue weighted by atomic mass is 10.2. The molecule has 0 aromatic heterocycles. The molecule has 136 valence electrons. The first-order valence-corrected chi connectivity index (χ1v) is 10.3. The third-order valence-corrected chi connectivity index (χ3v) is 5.48. The molecule has 0 aliphatic rings. The quantitative estimate of drug-likeness (QED) is 0.378. The van der Waals surface area contributed by atoms with E-state index in [0.29, 0.717) is 12.5 Å². The van der Waals surface area contributed by atoms with Crippen LogP contribution in [0.4, 0.5) is 5.69 Å². The fraction of sp³-hybridized carbons (Fsp3) is 0.588. The van der Waals surface area contributed by atoms with Crippen molar-refractivity contribution in [2.24, 2.45) is 4.99 Å². The predicted molar refractivity (Wildman–Crippen MR) is 103 cm³/mol. The van der Waals surface area contributed by atoms with Gasteiger partial charge in [-0.2, -0.15) is 0 Å². The smallest absolute Gasteiger partial charge is 0.191 e. The van der Waals surface area contributed by atoms with Gasteiger partial charge in [-0.15, -0.1) is 0 Å². The highest BCUT2D eigenvalue weighted by Gasteiger charge is 2.07. The minimum absolute atomic E-state index is 0.127. The number of rotatable bonds is 10. The van der Waals surface area contributed by atoms with Crippen molar-refractivity contribution in [3.63, 3.8) is 0 Å². The molecule has 1 aromatic carbocycles. The molecule has 0 unspecified atom stereocenters. The van der Waals surface area contributed by atoms with E-state index in [0.717, 1.165) is 26.1 Å². The minimum atomic E-state index is -2.95. The van der Waals surface area contributed by atoms with Gasteiger partial charge in [0.1, 0.15) is 0 Å². The third-order valence-electron chi connectivity index (χ3n) is 3.77. The van der Waals surface area contributed by atoms with E-state index in [1.54, 1.807) is 14.0 Å². The molecule has 0 heterocycles. The highest BCUT2D eigenvalue weighted by molar-refractivity contribution is 7.91. The summed E-state index contributed by atoms with van der Waals surface area (Å²) in [4.78, 5) is 6.44. The van der Waals surface area contributed by atoms with Crippen molar-refractivity contribution >= 4 is 21.5 Å². The number of para-hydroxylation sites is 1. The molecular weight excluding hydrogens is 324 g/mol. The van der Waals surface area contributed by atoms with E-state index in [9.17, 15) is 8.42 Å². The Labute approximate surface area is 146 Å². The molecule has 7 heteroatoms. The molecule has 0 aliphatic heterocycles. The minimum Gasteiger partial charge on any atom is -0.372 e. The second-order valence-electron chi connectivity index (χ2n) is 5.43. The number of sulfone groups is 1. The van der Waals surface area contributed by atoms with E-state index in [-0.39, 0.29) is 11.5 Å². The van der Waals surface area contributed by atoms with Gasteiger partial charge in [0.05, 0.1) is 5.75 Å². The van der Waals surface area contributed by atoms with Crippen molar-refractivity contribution in [2.75, 3.05) is 49.6 Å². The van der Waals surface area contributed by atoms with Gasteiger partial charge < -0.3 is 15.5 Å². The van der Waals surface area contributed by atoms with E-state index < -0.39 is 9.84 Å². The standard InChI is InChI=1S/C17H30N4O2S/c1-4-21(16-10-7-6-8-11-16)14-9-12-19-17(18-3)20-13-15-24(22,23)5-2/h6-8,10-11H,4-5,9,12-15H2,1-3H3,(H2,18,19,20). The van der Waals surface area contributed by atoms with Gasteiger partial charge in [-0.05, 0) is 25.5 Å². The number of nitrogens with zero attached hydrogens (tertiary/aromatic N) is 2. The van der Waals surface area contributed by atoms with Crippen molar-refractivity contribution in [1.82, 2.24) is 10.6 Å². The van der Waals surface area contributed by atoms with Crippen LogP contribution in [-0.4, -0.2) is 59.1 Å². The van der Waals surface area contributed by atoms with E-state index in [4.69, 9.17) is 0 Å². The van der Waals surface area contributed by atoms with Crippen LogP contribution >= 0.6 is 0 Å². The molecule has 0 saturated heterocycles. The Morgan fingerprint density at radius 1 is 1.12 bits per heavy atom. The van der Waals surface area contributed by atoms with E-state index in [1.165, 1.54) is 5.69 Å². The number of hydrogen-bond acceptors (Lipinski definition) is 4. The number of aliphatic imine (C=N–C) groups is 1. The van der Waals surface area contributed by atoms with Crippen LogP contribution in [0.3, 0.4) is 0 Å². The maximum atomic E-state index is 11.5. The number of anilines is 1. The molecule has 24 heavy (non-hydrogen) atoms. The van der Waals surface area contributed by atoms with Crippen molar-refractivity contribution in [3.05, 3.63) is 30.3 Å². The summed E-state index contributed by atoms with van der Waals surface area (Å²) >= 11 is 0. The lowest BCUT2D eigenvalue weighted by molar-refractivity contribution is 0.595. The zero-order valence-corrected chi connectivity index (χ0v) is 15.8. The van der Waals surface area contributed by atoms with Crippen LogP contribution in [0, 0.1) is 0 Å². The maximum absolute atomic E-state index is 11.5. The molecule has 0 fully saturated rings. The van der Waals surface area contributed by atoms with Crippen molar-refractivity contribution < 1.29 is 8.42 Å². The highest BCUT2D eigenvalue weighted by Crippen LogP contribution is 2.12. The summed E-state index contributed by atoms with van der Waals surface area (Å²) in [6, 6.07) is 10.4. The molecule has 6 nitrogen and oxygen atoms in total. The molecule has 0 amide bonds. The van der Waals surface area contributed by atoms with Crippen LogP contribution < -0.4 is 15.5 Å². The van der Waals surface area contributed by atoms with Crippen LogP contribution in [0.2, 0.25) is 0 Å². The number of benzene rings is 1. The SMILES string of the molecule is CCN(CCCNC(=NC)NCCS(=O)(=O)CC)c1ccccc1. The van der Waals surface area contributed by atoms with Crippen LogP contribution in [0.15, 0.2) is 35.3 Å². The molecule has 0 spiro atoms. The average Bonchev–Trinajstić information content (AvgIpc) is 2.61. The second-order valence-corrected chi connectivity index (χ2v) is 7.90. The Balaban J connectivity index is 2.29. The molecule has 0 bridgehead atoms. The van der Waals surface area contributed by atoms with Gasteiger partial charge in [0.25, 0.3) is 0 Å². The number of guanidine groups is 1. The zero-order chi connectivity index (χ0) is 17.8. The van der Waals surface area contributed by atoms with Gasteiger partial charge >= 0.3 is 0 Å². The first kappa shape index (κ1) is 20.3.